The number of benzene rings is 4. The number of hydrogen-bond acceptors (Lipinski definition) is 1. The molecule has 1 N–H and O–H groups in total. The second-order valence-corrected chi connectivity index (χ2v) is 7.99. The highest BCUT2D eigenvalue weighted by Crippen LogP contribution is 2.57. The molecule has 0 bridgehead atoms. The zero-order chi connectivity index (χ0) is 22.5. The molecule has 0 unspecified atom stereocenters. The van der Waals surface area contributed by atoms with Crippen molar-refractivity contribution in [2.45, 2.75) is 5.60 Å². The molecule has 5 rings (SSSR count). The fourth-order valence-electron chi connectivity index (χ4n) is 4.07. The van der Waals surface area contributed by atoms with Gasteiger partial charge in [0.1, 0.15) is 0 Å². The predicted molar refractivity (Wildman–Crippen MR) is 135 cm³/mol. The second kappa shape index (κ2) is 9.05. The summed E-state index contributed by atoms with van der Waals surface area (Å²) in [5, 5.41) is 11.9. The molecule has 1 heteroatoms. The van der Waals surface area contributed by atoms with Crippen LogP contribution in [0.25, 0.3) is 11.1 Å². The molecule has 0 spiro atoms. The van der Waals surface area contributed by atoms with Gasteiger partial charge in [-0.25, -0.2) is 0 Å². The van der Waals surface area contributed by atoms with Crippen molar-refractivity contribution in [1.82, 2.24) is 0 Å². The average Bonchev–Trinajstić information content (AvgIpc) is 3.65. The van der Waals surface area contributed by atoms with Crippen LogP contribution < -0.4 is 0 Å². The Bertz CT molecular complexity index is 1290. The quantitative estimate of drug-likeness (QED) is 0.398. The van der Waals surface area contributed by atoms with Crippen molar-refractivity contribution in [3.8, 4) is 23.7 Å². The average molecular weight is 423 g/mol. The van der Waals surface area contributed by atoms with Crippen molar-refractivity contribution in [3.05, 3.63) is 144 Å². The molecular weight excluding hydrogens is 400 g/mol. The molecule has 156 valence electrons. The monoisotopic (exact) mass is 422 g/mol. The van der Waals surface area contributed by atoms with E-state index in [4.69, 9.17) is 0 Å². The lowest BCUT2D eigenvalue weighted by Crippen LogP contribution is -2.29. The van der Waals surface area contributed by atoms with Crippen LogP contribution >= 0.6 is 0 Å². The van der Waals surface area contributed by atoms with Crippen molar-refractivity contribution in [2.75, 3.05) is 0 Å². The fourth-order valence-corrected chi connectivity index (χ4v) is 4.07. The van der Waals surface area contributed by atoms with Crippen molar-refractivity contribution in [2.24, 2.45) is 5.92 Å². The van der Waals surface area contributed by atoms with Crippen LogP contribution in [-0.4, -0.2) is 10.7 Å². The standard InChI is InChI=1S/C32H22O/c33-32(23-21-25-13-5-1-6-14-25,24-22-26-15-7-2-8-16-26)31-29(27-17-9-3-10-18-27)30(31)28-19-11-4-12-20-28/h1-20,31,33H. The molecule has 0 aromatic heterocycles. The van der Waals surface area contributed by atoms with Gasteiger partial charge in [-0.1, -0.05) is 109 Å². The van der Waals surface area contributed by atoms with E-state index in [-0.39, 0.29) is 5.92 Å². The van der Waals surface area contributed by atoms with Crippen molar-refractivity contribution in [3.63, 3.8) is 0 Å². The summed E-state index contributed by atoms with van der Waals surface area (Å²) < 4.78 is 0. The van der Waals surface area contributed by atoms with Crippen LogP contribution in [0.1, 0.15) is 22.3 Å². The molecule has 0 radical (unpaired) electrons. The molecular formula is C32H22O. The highest BCUT2D eigenvalue weighted by molar-refractivity contribution is 6.12. The van der Waals surface area contributed by atoms with Crippen molar-refractivity contribution >= 4 is 11.1 Å². The van der Waals surface area contributed by atoms with E-state index in [0.717, 1.165) is 33.4 Å². The molecule has 4 aromatic carbocycles. The van der Waals surface area contributed by atoms with Gasteiger partial charge in [0.05, 0.1) is 5.92 Å². The molecule has 0 fully saturated rings. The first-order valence-corrected chi connectivity index (χ1v) is 11.0. The Labute approximate surface area is 195 Å². The summed E-state index contributed by atoms with van der Waals surface area (Å²) in [5.41, 5.74) is 4.53. The first kappa shape index (κ1) is 20.6. The van der Waals surface area contributed by atoms with Crippen LogP contribution in [-0.2, 0) is 0 Å². The molecule has 1 nitrogen and oxygen atoms in total. The van der Waals surface area contributed by atoms with Crippen LogP contribution in [0.15, 0.2) is 121 Å². The van der Waals surface area contributed by atoms with E-state index < -0.39 is 5.60 Å². The van der Waals surface area contributed by atoms with Crippen molar-refractivity contribution < 1.29 is 5.11 Å². The van der Waals surface area contributed by atoms with E-state index in [1.165, 1.54) is 0 Å². The molecule has 1 aliphatic rings. The first-order valence-electron chi connectivity index (χ1n) is 11.0. The summed E-state index contributed by atoms with van der Waals surface area (Å²) in [6, 6.07) is 39.8. The van der Waals surface area contributed by atoms with Gasteiger partial charge >= 0.3 is 0 Å². The van der Waals surface area contributed by atoms with Gasteiger partial charge < -0.3 is 5.11 Å². The Hall–Kier alpha value is -4.30. The minimum Gasteiger partial charge on any atom is -0.366 e. The maximum Gasteiger partial charge on any atom is 0.199 e. The molecule has 4 aromatic rings. The summed E-state index contributed by atoms with van der Waals surface area (Å²) in [7, 11) is 0. The Balaban J connectivity index is 1.62. The minimum absolute atomic E-state index is 0.297. The zero-order valence-corrected chi connectivity index (χ0v) is 18.1. The third-order valence-electron chi connectivity index (χ3n) is 5.71. The maximum atomic E-state index is 11.9. The molecule has 1 aliphatic carbocycles. The topological polar surface area (TPSA) is 20.2 Å². The lowest BCUT2D eigenvalue weighted by molar-refractivity contribution is 0.152. The molecule has 0 saturated heterocycles. The van der Waals surface area contributed by atoms with Gasteiger partial charge in [0.15, 0.2) is 5.60 Å². The lowest BCUT2D eigenvalue weighted by atomic mass is 9.90. The molecule has 0 amide bonds. The van der Waals surface area contributed by atoms with E-state index in [9.17, 15) is 5.11 Å². The van der Waals surface area contributed by atoms with E-state index in [2.05, 4.69) is 47.9 Å². The third kappa shape index (κ3) is 4.51. The molecule has 0 saturated carbocycles. The van der Waals surface area contributed by atoms with Gasteiger partial charge in [-0.05, 0) is 58.4 Å². The molecule has 0 aliphatic heterocycles. The van der Waals surface area contributed by atoms with Crippen LogP contribution in [0.5, 0.6) is 0 Å². The Morgan fingerprint density at radius 2 is 0.818 bits per heavy atom. The molecule has 33 heavy (non-hydrogen) atoms. The van der Waals surface area contributed by atoms with E-state index in [1.807, 2.05) is 97.1 Å². The SMILES string of the molecule is OC(C#Cc1ccccc1)(C#Cc1ccccc1)C1C(c2ccccc2)=C1c1ccccc1. The van der Waals surface area contributed by atoms with Gasteiger partial charge in [0.2, 0.25) is 0 Å². The van der Waals surface area contributed by atoms with Gasteiger partial charge in [-0.15, -0.1) is 0 Å². The van der Waals surface area contributed by atoms with Crippen LogP contribution in [0.2, 0.25) is 0 Å². The summed E-state index contributed by atoms with van der Waals surface area (Å²) in [6.07, 6.45) is 0. The van der Waals surface area contributed by atoms with Gasteiger partial charge in [-0.3, -0.25) is 0 Å². The fraction of sp³-hybridized carbons (Fsp3) is 0.0625. The molecule has 0 atom stereocenters. The predicted octanol–water partition coefficient (Wildman–Crippen LogP) is 6.06. The third-order valence-corrected chi connectivity index (χ3v) is 5.71. The number of rotatable bonds is 3. The summed E-state index contributed by atoms with van der Waals surface area (Å²) >= 11 is 0. The Kier molecular flexibility index (Phi) is 5.65. The van der Waals surface area contributed by atoms with Crippen LogP contribution in [0.4, 0.5) is 0 Å². The van der Waals surface area contributed by atoms with E-state index in [1.54, 1.807) is 0 Å². The highest BCUT2D eigenvalue weighted by Gasteiger charge is 2.51. The second-order valence-electron chi connectivity index (χ2n) is 7.99. The largest absolute Gasteiger partial charge is 0.366 e. The van der Waals surface area contributed by atoms with E-state index in [0.29, 0.717) is 0 Å². The summed E-state index contributed by atoms with van der Waals surface area (Å²) in [6.45, 7) is 0. The van der Waals surface area contributed by atoms with Gasteiger partial charge in [-0.2, -0.15) is 0 Å². The molecule has 0 heterocycles. The maximum absolute atomic E-state index is 11.9. The first-order chi connectivity index (χ1) is 16.2. The Morgan fingerprint density at radius 3 is 1.18 bits per heavy atom. The zero-order valence-electron chi connectivity index (χ0n) is 18.1. The lowest BCUT2D eigenvalue weighted by Gasteiger charge is -2.18. The highest BCUT2D eigenvalue weighted by atomic mass is 16.3. The van der Waals surface area contributed by atoms with Crippen LogP contribution in [0.3, 0.4) is 0 Å². The van der Waals surface area contributed by atoms with Gasteiger partial charge in [0, 0.05) is 11.1 Å². The normalized spacial score (nSPS) is 12.9. The van der Waals surface area contributed by atoms with E-state index >= 15 is 0 Å². The van der Waals surface area contributed by atoms with Crippen molar-refractivity contribution in [1.29, 1.82) is 0 Å². The van der Waals surface area contributed by atoms with Crippen LogP contribution in [0, 0.1) is 29.6 Å². The summed E-state index contributed by atoms with van der Waals surface area (Å²) in [5.74, 6) is 12.3. The summed E-state index contributed by atoms with van der Waals surface area (Å²) in [4.78, 5) is 0. The number of aliphatic hydroxyl groups is 1. The number of hydrogen-bond donors (Lipinski definition) is 1. The minimum atomic E-state index is -1.53. The smallest absolute Gasteiger partial charge is 0.199 e. The Morgan fingerprint density at radius 1 is 0.485 bits per heavy atom. The van der Waals surface area contributed by atoms with Gasteiger partial charge in [0.25, 0.3) is 0 Å².